The monoisotopic (exact) mass is 908 g/mol. The number of aromatic nitrogens is 1. The molecule has 0 radical (unpaired) electrons. The normalized spacial score (nSPS) is 13.0. The van der Waals surface area contributed by atoms with Crippen LogP contribution in [-0.2, 0) is 16.2 Å². The van der Waals surface area contributed by atoms with E-state index in [1.54, 1.807) is 0 Å². The predicted octanol–water partition coefficient (Wildman–Crippen LogP) is 19.4. The molecule has 0 unspecified atom stereocenters. The molecule has 348 valence electrons. The molecule has 0 aliphatic carbocycles. The third-order valence-electron chi connectivity index (χ3n) is 14.6. The van der Waals surface area contributed by atoms with Gasteiger partial charge < -0.3 is 18.6 Å². The summed E-state index contributed by atoms with van der Waals surface area (Å²) in [5.41, 5.74) is 18.6. The summed E-state index contributed by atoms with van der Waals surface area (Å²) in [5, 5.41) is 5.57. The van der Waals surface area contributed by atoms with Gasteiger partial charge in [-0.2, -0.15) is 0 Å². The highest BCUT2D eigenvalue weighted by Gasteiger charge is 2.30. The molecule has 11 aromatic rings. The van der Waals surface area contributed by atoms with Gasteiger partial charge >= 0.3 is 0 Å². The molecule has 0 saturated heterocycles. The van der Waals surface area contributed by atoms with Gasteiger partial charge in [-0.15, -0.1) is 0 Å². The van der Waals surface area contributed by atoms with Gasteiger partial charge in [0.25, 0.3) is 0 Å². The molecule has 0 atom stereocenters. The Morgan fingerprint density at radius 2 is 0.768 bits per heavy atom. The first-order chi connectivity index (χ1) is 32.7. The van der Waals surface area contributed by atoms with Gasteiger partial charge in [0.1, 0.15) is 16.7 Å². The summed E-state index contributed by atoms with van der Waals surface area (Å²) in [4.78, 5) is 4.70. The van der Waals surface area contributed by atoms with Crippen LogP contribution in [0.2, 0.25) is 0 Å². The lowest BCUT2D eigenvalue weighted by atomic mass is 9.85. The molecule has 11 rings (SSSR count). The first-order valence-electron chi connectivity index (χ1n) is 24.9. The molecule has 0 aliphatic rings. The first-order valence-corrected chi connectivity index (χ1v) is 24.9. The second kappa shape index (κ2) is 15.8. The number of nitrogens with zero attached hydrogens (tertiary/aromatic N) is 3. The van der Waals surface area contributed by atoms with E-state index in [1.807, 2.05) is 0 Å². The molecule has 0 N–H and O–H groups in total. The van der Waals surface area contributed by atoms with Crippen molar-refractivity contribution in [1.82, 2.24) is 4.40 Å². The standard InChI is InChI=1S/C64H65N3O2/c1-38(2)40-14-22-45(23-15-40)65(47-26-18-42(19-27-47)62(5,6)7)49-30-32-51-55(36-49)69-61-57(51)53-34-44(64(11,12)13)35-54-58(53)67(61)59-52-33-31-50(37-56(52)68-60(54)59)66(46-24-16-41(17-25-46)39(3)4)48-28-20-43(21-29-48)63(8,9)10/h14-39H,1-13H3. The summed E-state index contributed by atoms with van der Waals surface area (Å²) in [7, 11) is 0. The topological polar surface area (TPSA) is 37.2 Å². The zero-order valence-electron chi connectivity index (χ0n) is 42.7. The lowest BCUT2D eigenvalue weighted by Gasteiger charge is -2.27. The van der Waals surface area contributed by atoms with E-state index in [1.165, 1.54) is 33.2 Å². The average Bonchev–Trinajstić information content (AvgIpc) is 4.04. The van der Waals surface area contributed by atoms with E-state index in [0.29, 0.717) is 11.8 Å². The molecule has 0 fully saturated rings. The highest BCUT2D eigenvalue weighted by Crippen LogP contribution is 2.49. The molecule has 0 aliphatic heterocycles. The van der Waals surface area contributed by atoms with Crippen LogP contribution in [0.3, 0.4) is 0 Å². The van der Waals surface area contributed by atoms with Gasteiger partial charge in [-0.25, -0.2) is 0 Å². The molecule has 69 heavy (non-hydrogen) atoms. The number of hydrogen-bond donors (Lipinski definition) is 0. The van der Waals surface area contributed by atoms with Crippen molar-refractivity contribution in [3.8, 4) is 0 Å². The van der Waals surface area contributed by atoms with E-state index in [2.05, 4.69) is 250 Å². The fraction of sp³-hybridized carbons (Fsp3) is 0.281. The molecule has 0 bridgehead atoms. The smallest absolute Gasteiger partial charge is 0.213 e. The van der Waals surface area contributed by atoms with Crippen LogP contribution in [0.5, 0.6) is 0 Å². The molecule has 0 spiro atoms. The molecule has 5 heteroatoms. The average molecular weight is 908 g/mol. The molecule has 7 aromatic carbocycles. The molecule has 5 nitrogen and oxygen atoms in total. The third kappa shape index (κ3) is 7.44. The molecule has 0 saturated carbocycles. The Kier molecular flexibility index (Phi) is 10.2. The fourth-order valence-corrected chi connectivity index (χ4v) is 10.4. The van der Waals surface area contributed by atoms with Gasteiger partial charge in [-0.3, -0.25) is 4.40 Å². The maximum absolute atomic E-state index is 7.19. The van der Waals surface area contributed by atoms with Crippen LogP contribution in [0, 0.1) is 0 Å². The largest absolute Gasteiger partial charge is 0.454 e. The minimum absolute atomic E-state index is 0.0514. The van der Waals surface area contributed by atoms with E-state index < -0.39 is 0 Å². The van der Waals surface area contributed by atoms with Crippen LogP contribution >= 0.6 is 0 Å². The van der Waals surface area contributed by atoms with Crippen LogP contribution < -0.4 is 9.80 Å². The van der Waals surface area contributed by atoms with E-state index in [-0.39, 0.29) is 16.2 Å². The van der Waals surface area contributed by atoms with Gasteiger partial charge in [-0.1, -0.05) is 139 Å². The van der Waals surface area contributed by atoms with Crippen molar-refractivity contribution < 1.29 is 8.83 Å². The lowest BCUT2D eigenvalue weighted by molar-refractivity contribution is 0.590. The Morgan fingerprint density at radius 3 is 1.20 bits per heavy atom. The van der Waals surface area contributed by atoms with E-state index in [0.717, 1.165) is 89.2 Å². The van der Waals surface area contributed by atoms with Crippen LogP contribution in [0.4, 0.5) is 34.1 Å². The molecule has 4 heterocycles. The van der Waals surface area contributed by atoms with Gasteiger partial charge in [0.2, 0.25) is 5.71 Å². The minimum atomic E-state index is -0.101. The molecule has 0 amide bonds. The number of fused-ring (bicyclic) bond motifs is 10. The third-order valence-corrected chi connectivity index (χ3v) is 14.6. The van der Waals surface area contributed by atoms with Crippen LogP contribution in [0.25, 0.3) is 60.4 Å². The number of hydrogen-bond acceptors (Lipinski definition) is 4. The maximum Gasteiger partial charge on any atom is 0.213 e. The van der Waals surface area contributed by atoms with Crippen molar-refractivity contribution in [1.29, 1.82) is 0 Å². The Morgan fingerprint density at radius 1 is 0.377 bits per heavy atom. The second-order valence-electron chi connectivity index (χ2n) is 23.2. The van der Waals surface area contributed by atoms with Crippen molar-refractivity contribution in [2.24, 2.45) is 0 Å². The Bertz CT molecular complexity index is 3690. The zero-order chi connectivity index (χ0) is 48.5. The number of rotatable bonds is 8. The predicted molar refractivity (Wildman–Crippen MR) is 294 cm³/mol. The van der Waals surface area contributed by atoms with Crippen molar-refractivity contribution in [2.75, 3.05) is 9.80 Å². The summed E-state index contributed by atoms with van der Waals surface area (Å²) < 4.78 is 16.6. The quantitative estimate of drug-likeness (QED) is 0.152. The number of benzene rings is 7. The lowest BCUT2D eigenvalue weighted by Crippen LogP contribution is -2.13. The van der Waals surface area contributed by atoms with E-state index in [4.69, 9.17) is 8.83 Å². The first kappa shape index (κ1) is 44.5. The van der Waals surface area contributed by atoms with Gasteiger partial charge in [0.15, 0.2) is 5.58 Å². The van der Waals surface area contributed by atoms with Crippen molar-refractivity contribution in [2.45, 2.75) is 118 Å². The van der Waals surface area contributed by atoms with E-state index >= 15 is 0 Å². The highest BCUT2D eigenvalue weighted by molar-refractivity contribution is 6.30. The Balaban J connectivity index is 1.11. The Labute approximate surface area is 407 Å². The van der Waals surface area contributed by atoms with E-state index in [9.17, 15) is 0 Å². The summed E-state index contributed by atoms with van der Waals surface area (Å²) >= 11 is 0. The summed E-state index contributed by atoms with van der Waals surface area (Å²) in [6.45, 7) is 29.5. The minimum Gasteiger partial charge on any atom is -0.454 e. The highest BCUT2D eigenvalue weighted by atomic mass is 16.3. The zero-order valence-corrected chi connectivity index (χ0v) is 42.7. The van der Waals surface area contributed by atoms with Crippen molar-refractivity contribution in [3.63, 3.8) is 0 Å². The van der Waals surface area contributed by atoms with Crippen molar-refractivity contribution >= 4 is 94.6 Å². The second-order valence-corrected chi connectivity index (χ2v) is 23.2. The summed E-state index contributed by atoms with van der Waals surface area (Å²) in [6, 6.07) is 54.2. The number of furan rings is 2. The van der Waals surface area contributed by atoms with Gasteiger partial charge in [0, 0.05) is 67.8 Å². The molecular weight excluding hydrogens is 843 g/mol. The van der Waals surface area contributed by atoms with Crippen LogP contribution in [-0.4, -0.2) is 4.40 Å². The van der Waals surface area contributed by atoms with Crippen molar-refractivity contribution in [3.05, 3.63) is 173 Å². The van der Waals surface area contributed by atoms with Crippen LogP contribution in [0.1, 0.15) is 130 Å². The number of anilines is 6. The molecular formula is C64H65N3O2. The van der Waals surface area contributed by atoms with Gasteiger partial charge in [0.05, 0.1) is 10.9 Å². The summed E-state index contributed by atoms with van der Waals surface area (Å²) in [6.07, 6.45) is 0. The fourth-order valence-electron chi connectivity index (χ4n) is 10.4. The molecule has 4 aromatic heterocycles. The maximum atomic E-state index is 7.19. The van der Waals surface area contributed by atoms with Crippen LogP contribution in [0.15, 0.2) is 154 Å². The summed E-state index contributed by atoms with van der Waals surface area (Å²) in [5.74, 6) is 0.892. The van der Waals surface area contributed by atoms with Gasteiger partial charge in [-0.05, 0) is 141 Å². The Hall–Kier alpha value is -6.98. The SMILES string of the molecule is CC(C)c1ccc(N(c2ccc(C(C)(C)C)cc2)c2ccc3c(c2)oc2c3c3cc(C(C)(C)C)cc4c5oc6cc(N(c7ccc(C(C)C)cc7)c7ccc(C(C)(C)C)cc7)ccc6c5n2c43)cc1.